The first-order valence-corrected chi connectivity index (χ1v) is 20.1. The van der Waals surface area contributed by atoms with Gasteiger partial charge >= 0.3 is 0 Å². The Balaban J connectivity index is 1.35. The van der Waals surface area contributed by atoms with E-state index in [1.807, 2.05) is 6.08 Å². The molecular weight excluding hydrogens is 687 g/mol. The summed E-state index contributed by atoms with van der Waals surface area (Å²) in [5.74, 6) is 2.72. The summed E-state index contributed by atoms with van der Waals surface area (Å²) in [5.41, 5.74) is 24.8. The number of hydrogen-bond acceptors (Lipinski definition) is 1. The van der Waals surface area contributed by atoms with Crippen molar-refractivity contribution in [2.45, 2.75) is 66.2 Å². The Hall–Kier alpha value is -6.36. The fraction of sp³-hybridized carbons (Fsp3) is 0.179. The van der Waals surface area contributed by atoms with Gasteiger partial charge in [0.25, 0.3) is 0 Å². The molecule has 0 spiro atoms. The van der Waals surface area contributed by atoms with E-state index in [-0.39, 0.29) is 10.8 Å². The van der Waals surface area contributed by atoms with E-state index < -0.39 is 0 Å². The van der Waals surface area contributed by atoms with Crippen LogP contribution in [0.2, 0.25) is 0 Å². The van der Waals surface area contributed by atoms with E-state index in [9.17, 15) is 0 Å². The van der Waals surface area contributed by atoms with Crippen LogP contribution in [0.4, 0.5) is 17.1 Å². The number of aryl methyl sites for hydroxylation is 4. The summed E-state index contributed by atoms with van der Waals surface area (Å²) in [7, 11) is 0. The molecular formula is C56H49N. The quantitative estimate of drug-likeness (QED) is 0.154. The maximum absolute atomic E-state index is 5.74. The Morgan fingerprint density at radius 1 is 0.474 bits per heavy atom. The minimum atomic E-state index is -0.142. The van der Waals surface area contributed by atoms with Crippen molar-refractivity contribution in [2.75, 3.05) is 4.90 Å². The number of benzene rings is 7. The fourth-order valence-corrected chi connectivity index (χ4v) is 10.0. The van der Waals surface area contributed by atoms with E-state index in [0.717, 1.165) is 16.9 Å². The maximum atomic E-state index is 5.74. The highest BCUT2D eigenvalue weighted by atomic mass is 15.1. The summed E-state index contributed by atoms with van der Waals surface area (Å²) < 4.78 is 0. The maximum Gasteiger partial charge on any atom is 0.0569 e. The molecule has 2 aliphatic rings. The Bertz CT molecular complexity index is 2720. The molecule has 7 aromatic carbocycles. The number of fused-ring (bicyclic) bond motifs is 6. The lowest BCUT2D eigenvalue weighted by Crippen LogP contribution is -2.19. The van der Waals surface area contributed by atoms with Crippen LogP contribution >= 0.6 is 0 Å². The van der Waals surface area contributed by atoms with E-state index in [4.69, 9.17) is 6.42 Å². The topological polar surface area (TPSA) is 3.24 Å². The van der Waals surface area contributed by atoms with Crippen LogP contribution < -0.4 is 4.90 Å². The molecule has 0 aromatic heterocycles. The number of allylic oxidation sites excluding steroid dienone is 1. The summed E-state index contributed by atoms with van der Waals surface area (Å²) in [4.78, 5) is 2.55. The van der Waals surface area contributed by atoms with Crippen molar-refractivity contribution in [3.05, 3.63) is 190 Å². The van der Waals surface area contributed by atoms with Gasteiger partial charge in [-0.1, -0.05) is 131 Å². The zero-order valence-corrected chi connectivity index (χ0v) is 34.4. The Morgan fingerprint density at radius 2 is 0.965 bits per heavy atom. The van der Waals surface area contributed by atoms with Gasteiger partial charge in [-0.25, -0.2) is 0 Å². The normalized spacial score (nSPS) is 14.2. The van der Waals surface area contributed by atoms with Crippen LogP contribution in [0.1, 0.15) is 77.8 Å². The molecule has 0 fully saturated rings. The third kappa shape index (κ3) is 5.62. The lowest BCUT2D eigenvalue weighted by Gasteiger charge is -2.33. The summed E-state index contributed by atoms with van der Waals surface area (Å²) in [6.45, 7) is 18.4. The molecule has 278 valence electrons. The highest BCUT2D eigenvalue weighted by Gasteiger charge is 2.38. The monoisotopic (exact) mass is 735 g/mol. The van der Waals surface area contributed by atoms with Gasteiger partial charge in [-0.3, -0.25) is 0 Å². The van der Waals surface area contributed by atoms with Gasteiger partial charge < -0.3 is 4.90 Å². The van der Waals surface area contributed by atoms with E-state index in [1.165, 1.54) is 94.7 Å². The van der Waals surface area contributed by atoms with Crippen molar-refractivity contribution in [3.63, 3.8) is 0 Å². The first-order valence-electron chi connectivity index (χ1n) is 20.1. The molecule has 1 nitrogen and oxygen atoms in total. The number of hydrogen-bond donors (Lipinski definition) is 0. The number of anilines is 3. The second kappa shape index (κ2) is 13.4. The van der Waals surface area contributed by atoms with Crippen molar-refractivity contribution in [1.29, 1.82) is 0 Å². The molecule has 0 bridgehead atoms. The molecule has 0 radical (unpaired) electrons. The minimum absolute atomic E-state index is 0.142. The van der Waals surface area contributed by atoms with Gasteiger partial charge in [-0.05, 0) is 165 Å². The summed E-state index contributed by atoms with van der Waals surface area (Å²) in [6.07, 6.45) is 9.63. The number of rotatable bonds is 6. The zero-order chi connectivity index (χ0) is 39.8. The SMILES string of the molecule is C#C/C=C\c1c(C)cccc1-c1cc(C)c(N(c2ccc3c(c2)C(C)(C)c2ccccc2-3)c2ccc3c(c2)C(C)(C)c2ccccc2-3)c(-c2c(C)cccc2C)c1. The van der Waals surface area contributed by atoms with Crippen LogP contribution in [0.15, 0.2) is 140 Å². The molecule has 1 heteroatoms. The molecule has 0 amide bonds. The average molecular weight is 736 g/mol. The molecule has 0 atom stereocenters. The van der Waals surface area contributed by atoms with Crippen LogP contribution in [-0.4, -0.2) is 0 Å². The molecule has 57 heavy (non-hydrogen) atoms. The summed E-state index contributed by atoms with van der Waals surface area (Å²) in [6, 6.07) is 50.2. The number of terminal acetylenes is 1. The Morgan fingerprint density at radius 3 is 1.53 bits per heavy atom. The molecule has 0 heterocycles. The smallest absolute Gasteiger partial charge is 0.0569 e. The van der Waals surface area contributed by atoms with Crippen molar-refractivity contribution in [3.8, 4) is 56.9 Å². The first kappa shape index (κ1) is 36.3. The molecule has 9 rings (SSSR count). The first-order chi connectivity index (χ1) is 27.4. The van der Waals surface area contributed by atoms with Crippen LogP contribution in [-0.2, 0) is 10.8 Å². The highest BCUT2D eigenvalue weighted by molar-refractivity contribution is 5.97. The molecule has 0 unspecified atom stereocenters. The van der Waals surface area contributed by atoms with E-state index in [1.54, 1.807) is 0 Å². The minimum Gasteiger partial charge on any atom is -0.310 e. The van der Waals surface area contributed by atoms with Gasteiger partial charge in [-0.15, -0.1) is 6.42 Å². The van der Waals surface area contributed by atoms with Gasteiger partial charge in [0.2, 0.25) is 0 Å². The van der Waals surface area contributed by atoms with E-state index >= 15 is 0 Å². The van der Waals surface area contributed by atoms with Crippen LogP contribution in [0.5, 0.6) is 0 Å². The molecule has 0 saturated heterocycles. The Kier molecular flexibility index (Phi) is 8.53. The predicted molar refractivity (Wildman–Crippen MR) is 244 cm³/mol. The van der Waals surface area contributed by atoms with Gasteiger partial charge in [0.15, 0.2) is 0 Å². The van der Waals surface area contributed by atoms with Gasteiger partial charge in [0.05, 0.1) is 5.69 Å². The molecule has 2 aliphatic carbocycles. The van der Waals surface area contributed by atoms with Gasteiger partial charge in [0.1, 0.15) is 0 Å². The second-order valence-corrected chi connectivity index (χ2v) is 17.1. The van der Waals surface area contributed by atoms with Crippen LogP contribution in [0.3, 0.4) is 0 Å². The number of nitrogens with zero attached hydrogens (tertiary/aromatic N) is 1. The fourth-order valence-electron chi connectivity index (χ4n) is 10.0. The zero-order valence-electron chi connectivity index (χ0n) is 34.4. The van der Waals surface area contributed by atoms with Crippen molar-refractivity contribution in [1.82, 2.24) is 0 Å². The van der Waals surface area contributed by atoms with E-state index in [0.29, 0.717) is 0 Å². The largest absolute Gasteiger partial charge is 0.310 e. The Labute approximate surface area is 339 Å². The predicted octanol–water partition coefficient (Wildman–Crippen LogP) is 15.0. The lowest BCUT2D eigenvalue weighted by molar-refractivity contribution is 0.660. The van der Waals surface area contributed by atoms with E-state index in [2.05, 4.69) is 206 Å². The summed E-state index contributed by atoms with van der Waals surface area (Å²) >= 11 is 0. The third-order valence-corrected chi connectivity index (χ3v) is 12.9. The standard InChI is InChI=1S/C56H49N/c1-10-11-21-42-35(2)18-17-24-43(42)39-31-38(5)54(48(32-39)53-36(3)19-16-20-37(53)4)57(40-27-29-46-44-22-12-14-25-49(44)55(6,7)51(46)33-40)41-28-30-47-45-23-13-15-26-50(45)56(8,9)52(47)34-41/h1,11-34H,2-9H3/b21-11-. The van der Waals surface area contributed by atoms with Crippen molar-refractivity contribution in [2.24, 2.45) is 0 Å². The molecule has 7 aromatic rings. The molecule has 0 aliphatic heterocycles. The average Bonchev–Trinajstić information content (AvgIpc) is 3.57. The van der Waals surface area contributed by atoms with Gasteiger partial charge in [0, 0.05) is 27.8 Å². The highest BCUT2D eigenvalue weighted by Crippen LogP contribution is 2.55. The lowest BCUT2D eigenvalue weighted by atomic mass is 9.82. The van der Waals surface area contributed by atoms with Gasteiger partial charge in [-0.2, -0.15) is 0 Å². The summed E-state index contributed by atoms with van der Waals surface area (Å²) in [5, 5.41) is 0. The van der Waals surface area contributed by atoms with Crippen LogP contribution in [0, 0.1) is 40.0 Å². The molecule has 0 N–H and O–H groups in total. The molecule has 0 saturated carbocycles. The van der Waals surface area contributed by atoms with Crippen molar-refractivity contribution >= 4 is 23.1 Å². The van der Waals surface area contributed by atoms with Crippen LogP contribution in [0.25, 0.3) is 50.6 Å². The third-order valence-electron chi connectivity index (χ3n) is 12.9. The van der Waals surface area contributed by atoms with Crippen molar-refractivity contribution < 1.29 is 0 Å². The second-order valence-electron chi connectivity index (χ2n) is 17.1.